The number of fused-ring (bicyclic) bond motifs is 1. The lowest BCUT2D eigenvalue weighted by molar-refractivity contribution is 0.0600. The monoisotopic (exact) mass is 472 g/mol. The number of aromatic nitrogens is 2. The van der Waals surface area contributed by atoms with Crippen LogP contribution in [0.15, 0.2) is 71.7 Å². The minimum absolute atomic E-state index is 0.0999. The number of rotatable bonds is 6. The Kier molecular flexibility index (Phi) is 6.77. The second-order valence-electron chi connectivity index (χ2n) is 7.94. The maximum atomic E-state index is 12.4. The first-order valence-electron chi connectivity index (χ1n) is 10.8. The van der Waals surface area contributed by atoms with Crippen LogP contribution in [0.1, 0.15) is 27.2 Å². The van der Waals surface area contributed by atoms with Gasteiger partial charge in [0.05, 0.1) is 18.4 Å². The second-order valence-corrected chi connectivity index (χ2v) is 7.94. The number of nitrogens with zero attached hydrogens (tertiary/aromatic N) is 2. The van der Waals surface area contributed by atoms with Crippen molar-refractivity contribution in [2.45, 2.75) is 20.5 Å². The molecule has 2 amide bonds. The van der Waals surface area contributed by atoms with E-state index in [1.54, 1.807) is 42.6 Å². The predicted octanol–water partition coefficient (Wildman–Crippen LogP) is 4.32. The standard InChI is InChI=1S/C26H24N4O5/c1-16-10-11-30-23(12-16)27-21(14-24(30)31)15-35-22-13-20(7-4-17(22)2)29-26(33)28-19-8-5-18(6-9-19)25(32)34-3/h4-14H,15H2,1-3H3,(H2,28,29,33). The number of benzene rings is 2. The highest BCUT2D eigenvalue weighted by molar-refractivity contribution is 6.00. The Morgan fingerprint density at radius 2 is 1.66 bits per heavy atom. The van der Waals surface area contributed by atoms with Crippen molar-refractivity contribution in [2.24, 2.45) is 0 Å². The van der Waals surface area contributed by atoms with Gasteiger partial charge in [0.25, 0.3) is 5.56 Å². The largest absolute Gasteiger partial charge is 0.487 e. The van der Waals surface area contributed by atoms with Gasteiger partial charge in [0.2, 0.25) is 0 Å². The third-order valence-corrected chi connectivity index (χ3v) is 5.26. The van der Waals surface area contributed by atoms with E-state index in [2.05, 4.69) is 20.4 Å². The van der Waals surface area contributed by atoms with Crippen LogP contribution in [-0.2, 0) is 11.3 Å². The molecular formula is C26H24N4O5. The summed E-state index contributed by atoms with van der Waals surface area (Å²) in [4.78, 5) is 40.8. The molecule has 35 heavy (non-hydrogen) atoms. The van der Waals surface area contributed by atoms with E-state index in [-0.39, 0.29) is 12.2 Å². The molecule has 4 aromatic rings. The van der Waals surface area contributed by atoms with Crippen LogP contribution >= 0.6 is 0 Å². The maximum Gasteiger partial charge on any atom is 0.337 e. The van der Waals surface area contributed by atoms with Crippen molar-refractivity contribution < 1.29 is 19.1 Å². The highest BCUT2D eigenvalue weighted by Crippen LogP contribution is 2.24. The van der Waals surface area contributed by atoms with E-state index < -0.39 is 12.0 Å². The smallest absolute Gasteiger partial charge is 0.337 e. The van der Waals surface area contributed by atoms with Crippen molar-refractivity contribution in [2.75, 3.05) is 17.7 Å². The third kappa shape index (κ3) is 5.64. The number of urea groups is 1. The summed E-state index contributed by atoms with van der Waals surface area (Å²) in [6.45, 7) is 3.92. The van der Waals surface area contributed by atoms with Gasteiger partial charge in [-0.25, -0.2) is 14.6 Å². The maximum absolute atomic E-state index is 12.4. The number of hydrogen-bond acceptors (Lipinski definition) is 6. The minimum Gasteiger partial charge on any atom is -0.487 e. The van der Waals surface area contributed by atoms with E-state index in [0.717, 1.165) is 11.1 Å². The molecule has 178 valence electrons. The van der Waals surface area contributed by atoms with Crippen molar-refractivity contribution in [3.63, 3.8) is 0 Å². The Bertz CT molecular complexity index is 1460. The average Bonchev–Trinajstić information content (AvgIpc) is 2.84. The van der Waals surface area contributed by atoms with Crippen LogP contribution in [0.5, 0.6) is 5.75 Å². The van der Waals surface area contributed by atoms with Gasteiger partial charge in [-0.2, -0.15) is 0 Å². The average molecular weight is 473 g/mol. The Labute approximate surface area is 201 Å². The van der Waals surface area contributed by atoms with Crippen molar-refractivity contribution in [3.8, 4) is 5.75 Å². The summed E-state index contributed by atoms with van der Waals surface area (Å²) in [6.07, 6.45) is 1.70. The van der Waals surface area contributed by atoms with Crippen molar-refractivity contribution in [3.05, 3.63) is 99.6 Å². The van der Waals surface area contributed by atoms with Crippen LogP contribution in [0.4, 0.5) is 16.2 Å². The van der Waals surface area contributed by atoms with E-state index in [1.807, 2.05) is 32.0 Å². The van der Waals surface area contributed by atoms with Gasteiger partial charge in [0.15, 0.2) is 0 Å². The van der Waals surface area contributed by atoms with E-state index in [1.165, 1.54) is 17.6 Å². The first-order chi connectivity index (χ1) is 16.8. The molecule has 0 saturated carbocycles. The number of hydrogen-bond donors (Lipinski definition) is 2. The summed E-state index contributed by atoms with van der Waals surface area (Å²) >= 11 is 0. The van der Waals surface area contributed by atoms with Crippen LogP contribution < -0.4 is 20.9 Å². The Morgan fingerprint density at radius 1 is 0.943 bits per heavy atom. The normalized spacial score (nSPS) is 10.6. The first-order valence-corrected chi connectivity index (χ1v) is 10.8. The van der Waals surface area contributed by atoms with Crippen LogP contribution in [0, 0.1) is 13.8 Å². The zero-order valence-electron chi connectivity index (χ0n) is 19.5. The first kappa shape index (κ1) is 23.5. The van der Waals surface area contributed by atoms with Gasteiger partial charge in [-0.1, -0.05) is 6.07 Å². The summed E-state index contributed by atoms with van der Waals surface area (Å²) in [5, 5.41) is 5.46. The number of pyridine rings is 1. The van der Waals surface area contributed by atoms with Gasteiger partial charge in [-0.15, -0.1) is 0 Å². The summed E-state index contributed by atoms with van der Waals surface area (Å²) in [5.41, 5.74) is 4.17. The molecule has 0 radical (unpaired) electrons. The number of aryl methyl sites for hydroxylation is 2. The van der Waals surface area contributed by atoms with Gasteiger partial charge in [-0.3, -0.25) is 9.20 Å². The molecule has 0 bridgehead atoms. The van der Waals surface area contributed by atoms with Crippen molar-refractivity contribution >= 4 is 29.0 Å². The second kappa shape index (κ2) is 10.1. The summed E-state index contributed by atoms with van der Waals surface area (Å²) in [7, 11) is 1.31. The van der Waals surface area contributed by atoms with Crippen LogP contribution in [0.2, 0.25) is 0 Å². The van der Waals surface area contributed by atoms with Crippen molar-refractivity contribution in [1.29, 1.82) is 0 Å². The molecule has 2 heterocycles. The van der Waals surface area contributed by atoms with E-state index in [0.29, 0.717) is 34.0 Å². The van der Waals surface area contributed by atoms with Gasteiger partial charge in [0, 0.05) is 29.7 Å². The molecule has 2 aromatic carbocycles. The Balaban J connectivity index is 1.42. The lowest BCUT2D eigenvalue weighted by Crippen LogP contribution is -2.19. The van der Waals surface area contributed by atoms with Crippen molar-refractivity contribution in [1.82, 2.24) is 9.38 Å². The molecule has 4 rings (SSSR count). The molecule has 2 N–H and O–H groups in total. The number of esters is 1. The highest BCUT2D eigenvalue weighted by Gasteiger charge is 2.09. The number of carbonyl (C=O) groups is 2. The zero-order valence-corrected chi connectivity index (χ0v) is 19.5. The number of ether oxygens (including phenoxy) is 2. The molecule has 0 saturated heterocycles. The fourth-order valence-corrected chi connectivity index (χ4v) is 3.41. The number of carbonyl (C=O) groups excluding carboxylic acids is 2. The van der Waals surface area contributed by atoms with E-state index >= 15 is 0 Å². The van der Waals surface area contributed by atoms with E-state index in [4.69, 9.17) is 4.74 Å². The minimum atomic E-state index is -0.454. The lowest BCUT2D eigenvalue weighted by Gasteiger charge is -2.13. The molecule has 0 aliphatic heterocycles. The summed E-state index contributed by atoms with van der Waals surface area (Å²) in [5.74, 6) is 0.101. The molecule has 0 unspecified atom stereocenters. The molecule has 0 fully saturated rings. The molecule has 0 atom stereocenters. The number of methoxy groups -OCH3 is 1. The third-order valence-electron chi connectivity index (χ3n) is 5.26. The zero-order chi connectivity index (χ0) is 24.9. The van der Waals surface area contributed by atoms with Gasteiger partial charge in [0.1, 0.15) is 18.0 Å². The predicted molar refractivity (Wildman–Crippen MR) is 132 cm³/mol. The molecular weight excluding hydrogens is 448 g/mol. The number of amides is 2. The highest BCUT2D eigenvalue weighted by atomic mass is 16.5. The molecule has 0 aliphatic rings. The fraction of sp³-hybridized carbons (Fsp3) is 0.154. The number of anilines is 2. The molecule has 9 heteroatoms. The topological polar surface area (TPSA) is 111 Å². The Hall–Kier alpha value is -4.66. The van der Waals surface area contributed by atoms with Gasteiger partial charge in [-0.05, 0) is 67.4 Å². The molecule has 0 spiro atoms. The van der Waals surface area contributed by atoms with E-state index in [9.17, 15) is 14.4 Å². The van der Waals surface area contributed by atoms with Crippen LogP contribution in [-0.4, -0.2) is 28.5 Å². The van der Waals surface area contributed by atoms with Crippen LogP contribution in [0.25, 0.3) is 5.65 Å². The summed E-state index contributed by atoms with van der Waals surface area (Å²) < 4.78 is 12.1. The fourth-order valence-electron chi connectivity index (χ4n) is 3.41. The Morgan fingerprint density at radius 3 is 2.40 bits per heavy atom. The van der Waals surface area contributed by atoms with Crippen LogP contribution in [0.3, 0.4) is 0 Å². The molecule has 0 aliphatic carbocycles. The summed E-state index contributed by atoms with van der Waals surface area (Å²) in [6, 6.07) is 16.3. The van der Waals surface area contributed by atoms with Gasteiger partial charge >= 0.3 is 12.0 Å². The quantitative estimate of drug-likeness (QED) is 0.404. The number of nitrogens with one attached hydrogen (secondary N) is 2. The SMILES string of the molecule is COC(=O)c1ccc(NC(=O)Nc2ccc(C)c(OCc3cc(=O)n4ccc(C)cc4n3)c2)cc1. The van der Waals surface area contributed by atoms with Gasteiger partial charge < -0.3 is 20.1 Å². The molecule has 9 nitrogen and oxygen atoms in total. The molecule has 2 aromatic heterocycles. The lowest BCUT2D eigenvalue weighted by atomic mass is 10.2.